The molecule has 286 valence electrons. The normalized spacial score (nSPS) is 31.5. The van der Waals surface area contributed by atoms with Crippen LogP contribution < -0.4 is 10.1 Å². The molecule has 2 aromatic rings. The van der Waals surface area contributed by atoms with Crippen LogP contribution in [0.5, 0.6) is 17.2 Å². The molecule has 4 N–H and O–H groups in total. The fourth-order valence-electron chi connectivity index (χ4n) is 8.60. The summed E-state index contributed by atoms with van der Waals surface area (Å²) in [6.45, 7) is 2.38. The van der Waals surface area contributed by atoms with Gasteiger partial charge in [-0.15, -0.1) is 0 Å². The number of carbonyl (C=O) groups excluding carboxylic acids is 5. The predicted octanol–water partition coefficient (Wildman–Crippen LogP) is 0.191. The predicted molar refractivity (Wildman–Crippen MR) is 180 cm³/mol. The number of fused-ring (bicyclic) bond motifs is 6. The Bertz CT molecular complexity index is 1980. The van der Waals surface area contributed by atoms with Gasteiger partial charge in [-0.2, -0.15) is 0 Å². The molecule has 2 aliphatic carbocycles. The van der Waals surface area contributed by atoms with Gasteiger partial charge in [0.25, 0.3) is 17.7 Å². The number of ketones is 2. The molecule has 6 aliphatic rings. The van der Waals surface area contributed by atoms with E-state index in [0.29, 0.717) is 13.2 Å². The lowest BCUT2D eigenvalue weighted by Gasteiger charge is -2.43. The number of phenols is 2. The molecule has 0 saturated carbocycles. The summed E-state index contributed by atoms with van der Waals surface area (Å²) in [6, 6.07) is 4.19. The quantitative estimate of drug-likeness (QED) is 0.179. The smallest absolute Gasteiger partial charge is 0.253 e. The van der Waals surface area contributed by atoms with Crippen LogP contribution in [-0.2, 0) is 44.5 Å². The summed E-state index contributed by atoms with van der Waals surface area (Å²) >= 11 is 0. The highest BCUT2D eigenvalue weighted by molar-refractivity contribution is 6.31. The van der Waals surface area contributed by atoms with E-state index in [9.17, 15) is 39.3 Å². The van der Waals surface area contributed by atoms with Crippen molar-refractivity contribution in [2.45, 2.75) is 74.9 Å². The van der Waals surface area contributed by atoms with E-state index in [2.05, 4.69) is 10.2 Å². The second-order valence-electron chi connectivity index (χ2n) is 14.1. The largest absolute Gasteiger partial charge is 0.507 e. The van der Waals surface area contributed by atoms with Crippen molar-refractivity contribution < 1.29 is 67.7 Å². The van der Waals surface area contributed by atoms with Gasteiger partial charge in [0.15, 0.2) is 24.6 Å². The van der Waals surface area contributed by atoms with Gasteiger partial charge in [-0.1, -0.05) is 12.1 Å². The highest BCUT2D eigenvalue weighted by Gasteiger charge is 2.55. The molecular formula is C37H39N3O14. The third kappa shape index (κ3) is 5.61. The molecule has 0 aromatic heterocycles. The SMILES string of the molecule is COc1cccc2c1C(=O)c1c(O)c3c(c(O)c1C2=O)CC(O)(C(=O)NCCN1C(=O)C=CC1=O)CC3O[C@H]1C[C@H]2[C@H](O[C@@H]3[C@@H](OC)OCCN32)[C@H](C)O1. The second-order valence-corrected chi connectivity index (χ2v) is 14.1. The fraction of sp³-hybridized carbons (Fsp3) is 0.486. The summed E-state index contributed by atoms with van der Waals surface area (Å²) in [7, 11) is 2.86. The van der Waals surface area contributed by atoms with Crippen molar-refractivity contribution >= 4 is 29.3 Å². The highest BCUT2D eigenvalue weighted by atomic mass is 16.7. The molecule has 0 spiro atoms. The van der Waals surface area contributed by atoms with E-state index < -0.39 is 101 Å². The number of aromatic hydroxyl groups is 2. The van der Waals surface area contributed by atoms with E-state index in [1.54, 1.807) is 0 Å². The van der Waals surface area contributed by atoms with Gasteiger partial charge in [0.2, 0.25) is 5.78 Å². The first-order valence-corrected chi connectivity index (χ1v) is 17.6. The number of hydrogen-bond donors (Lipinski definition) is 4. The van der Waals surface area contributed by atoms with E-state index >= 15 is 0 Å². The lowest BCUT2D eigenvalue weighted by molar-refractivity contribution is -0.256. The van der Waals surface area contributed by atoms with Gasteiger partial charge in [0.1, 0.15) is 29.0 Å². The molecule has 54 heavy (non-hydrogen) atoms. The lowest BCUT2D eigenvalue weighted by Crippen LogP contribution is -2.55. The number of aliphatic hydroxyl groups is 1. The van der Waals surface area contributed by atoms with Crippen molar-refractivity contribution in [2.75, 3.05) is 40.5 Å². The standard InChI is InChI=1S/C37H39N3O14/c1-16-33-19(39-11-12-51-35(50-3)34(39)54-33)13-24(52-16)53-21-15-37(48,36(47)38-9-10-40-22(41)7-8-23(40)42)14-18-26(21)32(46)28-27(30(18)44)29(43)17-5-4-6-20(49-2)25(17)31(28)45/h4-8,16,19,21,24,33-35,44,46,48H,9-15H2,1-3H3,(H,38,47)/t16-,19-,21?,24-,33+,34+,35-,37?/m0/s1. The Morgan fingerprint density at radius 1 is 1.02 bits per heavy atom. The maximum atomic E-state index is 14.1. The lowest BCUT2D eigenvalue weighted by atomic mass is 9.72. The first-order valence-electron chi connectivity index (χ1n) is 17.6. The first kappa shape index (κ1) is 36.2. The molecule has 2 aromatic carbocycles. The fourth-order valence-corrected chi connectivity index (χ4v) is 8.60. The number of rotatable bonds is 8. The van der Waals surface area contributed by atoms with Crippen molar-refractivity contribution in [1.82, 2.24) is 15.1 Å². The molecule has 4 aliphatic heterocycles. The van der Waals surface area contributed by atoms with Crippen LogP contribution in [0.15, 0.2) is 30.4 Å². The van der Waals surface area contributed by atoms with E-state index in [1.807, 2.05) is 6.92 Å². The van der Waals surface area contributed by atoms with Crippen LogP contribution in [0.2, 0.25) is 0 Å². The number of morpholine rings is 1. The van der Waals surface area contributed by atoms with Crippen LogP contribution in [0, 0.1) is 0 Å². The number of imide groups is 1. The molecule has 0 radical (unpaired) electrons. The monoisotopic (exact) mass is 749 g/mol. The maximum absolute atomic E-state index is 14.1. The Kier molecular flexibility index (Phi) is 9.07. The summed E-state index contributed by atoms with van der Waals surface area (Å²) in [4.78, 5) is 68.9. The van der Waals surface area contributed by atoms with Crippen LogP contribution in [-0.4, -0.2) is 138 Å². The van der Waals surface area contributed by atoms with Crippen molar-refractivity contribution in [2.24, 2.45) is 0 Å². The molecule has 17 heteroatoms. The summed E-state index contributed by atoms with van der Waals surface area (Å²) in [5, 5.41) is 38.4. The van der Waals surface area contributed by atoms with Crippen LogP contribution in [0.4, 0.5) is 0 Å². The minimum Gasteiger partial charge on any atom is -0.507 e. The number of ether oxygens (including phenoxy) is 6. The number of phenolic OH excluding ortho intramolecular Hbond substituents is 2. The van der Waals surface area contributed by atoms with Crippen molar-refractivity contribution in [3.05, 3.63) is 63.7 Å². The van der Waals surface area contributed by atoms with Crippen LogP contribution >= 0.6 is 0 Å². The van der Waals surface area contributed by atoms with Gasteiger partial charge >= 0.3 is 0 Å². The van der Waals surface area contributed by atoms with Crippen molar-refractivity contribution in [3.8, 4) is 17.2 Å². The summed E-state index contributed by atoms with van der Waals surface area (Å²) < 4.78 is 35.7. The zero-order valence-corrected chi connectivity index (χ0v) is 29.6. The highest BCUT2D eigenvalue weighted by Crippen LogP contribution is 2.53. The number of benzene rings is 2. The molecule has 0 bridgehead atoms. The average Bonchev–Trinajstić information content (AvgIpc) is 3.70. The second kappa shape index (κ2) is 13.5. The number of nitrogens with zero attached hydrogens (tertiary/aromatic N) is 2. The Labute approximate surface area is 308 Å². The number of methoxy groups -OCH3 is 2. The average molecular weight is 750 g/mol. The molecule has 8 atom stereocenters. The summed E-state index contributed by atoms with van der Waals surface area (Å²) in [5.41, 5.74) is -3.68. The van der Waals surface area contributed by atoms with Gasteiger partial charge in [-0.3, -0.25) is 33.8 Å². The molecule has 4 heterocycles. The van der Waals surface area contributed by atoms with E-state index in [0.717, 1.165) is 17.1 Å². The van der Waals surface area contributed by atoms with Crippen molar-refractivity contribution in [3.63, 3.8) is 0 Å². The molecular weight excluding hydrogens is 710 g/mol. The Morgan fingerprint density at radius 3 is 2.48 bits per heavy atom. The van der Waals surface area contributed by atoms with E-state index in [4.69, 9.17) is 28.4 Å². The minimum atomic E-state index is -2.31. The third-order valence-corrected chi connectivity index (χ3v) is 11.1. The van der Waals surface area contributed by atoms with Gasteiger partial charge in [0, 0.05) is 80.9 Å². The Morgan fingerprint density at radius 2 is 1.76 bits per heavy atom. The molecule has 8 rings (SSSR count). The minimum absolute atomic E-state index is 0.0614. The van der Waals surface area contributed by atoms with Gasteiger partial charge in [-0.25, -0.2) is 0 Å². The van der Waals surface area contributed by atoms with E-state index in [1.165, 1.54) is 32.4 Å². The van der Waals surface area contributed by atoms with E-state index in [-0.39, 0.29) is 59.7 Å². The zero-order chi connectivity index (χ0) is 38.2. The van der Waals surface area contributed by atoms with Crippen LogP contribution in [0.1, 0.15) is 68.8 Å². The molecule has 2 unspecified atom stereocenters. The first-order chi connectivity index (χ1) is 25.9. The Hall–Kier alpha value is -4.75. The van der Waals surface area contributed by atoms with Gasteiger partial charge < -0.3 is 49.1 Å². The summed E-state index contributed by atoms with van der Waals surface area (Å²) in [6.07, 6.45) is -2.96. The zero-order valence-electron chi connectivity index (χ0n) is 29.6. The van der Waals surface area contributed by atoms with Crippen LogP contribution in [0.3, 0.4) is 0 Å². The number of hydrogen-bond acceptors (Lipinski definition) is 15. The number of carbonyl (C=O) groups is 5. The summed E-state index contributed by atoms with van der Waals surface area (Å²) in [5.74, 6) is -4.83. The topological polar surface area (TPSA) is 220 Å². The third-order valence-electron chi connectivity index (χ3n) is 11.1. The van der Waals surface area contributed by atoms with Gasteiger partial charge in [-0.05, 0) is 13.0 Å². The van der Waals surface area contributed by atoms with Crippen LogP contribution in [0.25, 0.3) is 0 Å². The molecule has 3 fully saturated rings. The molecule has 17 nitrogen and oxygen atoms in total. The molecule has 3 saturated heterocycles. The number of amides is 3. The number of nitrogens with one attached hydrogen (secondary N) is 1. The van der Waals surface area contributed by atoms with Gasteiger partial charge in [0.05, 0.1) is 42.6 Å². The van der Waals surface area contributed by atoms with Crippen molar-refractivity contribution in [1.29, 1.82) is 0 Å². The Balaban J connectivity index is 1.15. The molecule has 3 amide bonds. The maximum Gasteiger partial charge on any atom is 0.253 e.